The van der Waals surface area contributed by atoms with Crippen LogP contribution in [-0.4, -0.2) is 54.0 Å². The molecule has 0 radical (unpaired) electrons. The van der Waals surface area contributed by atoms with Crippen molar-refractivity contribution in [2.75, 3.05) is 39.5 Å². The van der Waals surface area contributed by atoms with Crippen molar-refractivity contribution in [2.45, 2.75) is 32.2 Å². The molecule has 0 aliphatic carbocycles. The van der Waals surface area contributed by atoms with Crippen LogP contribution in [0.4, 0.5) is 0 Å². The largest absolute Gasteiger partial charge is 0.381 e. The monoisotopic (exact) mass is 293 g/mol. The van der Waals surface area contributed by atoms with Crippen LogP contribution >= 0.6 is 0 Å². The number of rotatable bonds is 5. The Morgan fingerprint density at radius 2 is 2.19 bits per heavy atom. The summed E-state index contributed by atoms with van der Waals surface area (Å²) in [6.07, 6.45) is 4.34. The average molecular weight is 293 g/mol. The van der Waals surface area contributed by atoms with Gasteiger partial charge in [0.25, 0.3) is 0 Å². The van der Waals surface area contributed by atoms with Gasteiger partial charge < -0.3 is 14.0 Å². The molecule has 0 spiro atoms. The molecule has 1 aromatic rings. The van der Waals surface area contributed by atoms with Gasteiger partial charge in [-0.3, -0.25) is 4.90 Å². The van der Waals surface area contributed by atoms with Gasteiger partial charge in [-0.25, -0.2) is 4.98 Å². The molecule has 0 N–H and O–H groups in total. The van der Waals surface area contributed by atoms with Gasteiger partial charge in [-0.05, 0) is 25.7 Å². The Balaban J connectivity index is 1.67. The summed E-state index contributed by atoms with van der Waals surface area (Å²) in [5.74, 6) is 1.22. The van der Waals surface area contributed by atoms with Crippen LogP contribution in [0.3, 0.4) is 0 Å². The van der Waals surface area contributed by atoms with Gasteiger partial charge in [-0.15, -0.1) is 0 Å². The van der Waals surface area contributed by atoms with E-state index in [1.165, 1.54) is 30.8 Å². The fourth-order valence-corrected chi connectivity index (χ4v) is 3.63. The van der Waals surface area contributed by atoms with Crippen LogP contribution in [-0.2, 0) is 23.1 Å². The maximum Gasteiger partial charge on any atom is 0.0949 e. The van der Waals surface area contributed by atoms with Crippen LogP contribution in [0.5, 0.6) is 0 Å². The summed E-state index contributed by atoms with van der Waals surface area (Å²) in [6.45, 7) is 8.73. The molecule has 1 saturated heterocycles. The highest BCUT2D eigenvalue weighted by Crippen LogP contribution is 2.29. The average Bonchev–Trinajstić information content (AvgIpc) is 2.87. The first-order valence-corrected chi connectivity index (χ1v) is 8.15. The molecular formula is C16H27N3O2. The topological polar surface area (TPSA) is 39.5 Å². The quantitative estimate of drug-likeness (QED) is 0.829. The molecule has 1 atom stereocenters. The van der Waals surface area contributed by atoms with Crippen LogP contribution in [0.25, 0.3) is 0 Å². The Hall–Kier alpha value is -0.910. The molecule has 3 rings (SSSR count). The molecular weight excluding hydrogens is 266 g/mol. The third kappa shape index (κ3) is 3.47. The van der Waals surface area contributed by atoms with Crippen LogP contribution in [0.2, 0.25) is 0 Å². The minimum Gasteiger partial charge on any atom is -0.381 e. The summed E-state index contributed by atoms with van der Waals surface area (Å²) in [5, 5.41) is 0. The molecule has 5 nitrogen and oxygen atoms in total. The number of aromatic nitrogens is 2. The molecule has 0 amide bonds. The first-order chi connectivity index (χ1) is 10.3. The SMILES string of the molecule is CCOCC1CN(CC2CCOCC2)Cc2ncn(C)c21. The molecule has 118 valence electrons. The molecule has 0 saturated carbocycles. The Morgan fingerprint density at radius 1 is 1.38 bits per heavy atom. The van der Waals surface area contributed by atoms with E-state index in [0.717, 1.165) is 45.4 Å². The fraction of sp³-hybridized carbons (Fsp3) is 0.812. The number of fused-ring (bicyclic) bond motifs is 1. The molecule has 3 heterocycles. The van der Waals surface area contributed by atoms with Gasteiger partial charge in [0.2, 0.25) is 0 Å². The summed E-state index contributed by atoms with van der Waals surface area (Å²) >= 11 is 0. The number of aryl methyl sites for hydroxylation is 1. The van der Waals surface area contributed by atoms with Crippen molar-refractivity contribution in [3.63, 3.8) is 0 Å². The maximum atomic E-state index is 5.70. The van der Waals surface area contributed by atoms with Crippen molar-refractivity contribution in [1.29, 1.82) is 0 Å². The number of hydrogen-bond donors (Lipinski definition) is 0. The molecule has 2 aliphatic rings. The van der Waals surface area contributed by atoms with E-state index in [9.17, 15) is 0 Å². The Labute approximate surface area is 127 Å². The van der Waals surface area contributed by atoms with Gasteiger partial charge in [-0.1, -0.05) is 0 Å². The lowest BCUT2D eigenvalue weighted by Crippen LogP contribution is -2.40. The standard InChI is InChI=1S/C16H27N3O2/c1-3-20-11-14-9-19(8-13-4-6-21-7-5-13)10-15-16(14)18(2)12-17-15/h12-14H,3-11H2,1-2H3. The van der Waals surface area contributed by atoms with Crippen LogP contribution in [0.15, 0.2) is 6.33 Å². The minimum absolute atomic E-state index is 0.445. The number of imidazole rings is 1. The van der Waals surface area contributed by atoms with Crippen LogP contribution < -0.4 is 0 Å². The van der Waals surface area contributed by atoms with Gasteiger partial charge >= 0.3 is 0 Å². The van der Waals surface area contributed by atoms with Gasteiger partial charge in [0, 0.05) is 58.1 Å². The second-order valence-electron chi connectivity index (χ2n) is 6.29. The number of ether oxygens (including phenoxy) is 2. The van der Waals surface area contributed by atoms with E-state index in [4.69, 9.17) is 9.47 Å². The number of hydrogen-bond acceptors (Lipinski definition) is 4. The van der Waals surface area contributed by atoms with E-state index in [-0.39, 0.29) is 0 Å². The zero-order valence-electron chi connectivity index (χ0n) is 13.3. The Bertz CT molecular complexity index is 454. The predicted octanol–water partition coefficient (Wildman–Crippen LogP) is 1.78. The summed E-state index contributed by atoms with van der Waals surface area (Å²) < 4.78 is 13.3. The van der Waals surface area contributed by atoms with Crippen molar-refractivity contribution < 1.29 is 9.47 Å². The van der Waals surface area contributed by atoms with Crippen molar-refractivity contribution in [3.8, 4) is 0 Å². The zero-order valence-corrected chi connectivity index (χ0v) is 13.3. The van der Waals surface area contributed by atoms with E-state index in [0.29, 0.717) is 5.92 Å². The van der Waals surface area contributed by atoms with Crippen molar-refractivity contribution in [2.24, 2.45) is 13.0 Å². The Kier molecular flexibility index (Phi) is 4.93. The summed E-state index contributed by atoms with van der Waals surface area (Å²) in [7, 11) is 2.10. The van der Waals surface area contributed by atoms with E-state index in [2.05, 4.69) is 28.4 Å². The third-order valence-corrected chi connectivity index (χ3v) is 4.68. The molecule has 1 fully saturated rings. The molecule has 0 aromatic carbocycles. The lowest BCUT2D eigenvalue weighted by Gasteiger charge is -2.35. The first kappa shape index (κ1) is 15.0. The highest BCUT2D eigenvalue weighted by molar-refractivity contribution is 5.21. The minimum atomic E-state index is 0.445. The number of nitrogens with zero attached hydrogens (tertiary/aromatic N) is 3. The van der Waals surface area contributed by atoms with E-state index in [1.807, 2.05) is 6.33 Å². The zero-order chi connectivity index (χ0) is 14.7. The second kappa shape index (κ2) is 6.90. The van der Waals surface area contributed by atoms with Crippen molar-refractivity contribution in [3.05, 3.63) is 17.7 Å². The maximum absolute atomic E-state index is 5.70. The van der Waals surface area contributed by atoms with Crippen molar-refractivity contribution >= 4 is 0 Å². The van der Waals surface area contributed by atoms with Crippen LogP contribution in [0, 0.1) is 5.92 Å². The highest BCUT2D eigenvalue weighted by atomic mass is 16.5. The summed E-state index contributed by atoms with van der Waals surface area (Å²) in [5.41, 5.74) is 2.60. The molecule has 1 unspecified atom stereocenters. The predicted molar refractivity (Wildman–Crippen MR) is 81.3 cm³/mol. The molecule has 21 heavy (non-hydrogen) atoms. The van der Waals surface area contributed by atoms with Gasteiger partial charge in [0.15, 0.2) is 0 Å². The van der Waals surface area contributed by atoms with Crippen molar-refractivity contribution in [1.82, 2.24) is 14.5 Å². The third-order valence-electron chi connectivity index (χ3n) is 4.68. The van der Waals surface area contributed by atoms with Gasteiger partial charge in [-0.2, -0.15) is 0 Å². The molecule has 5 heteroatoms. The molecule has 1 aromatic heterocycles. The first-order valence-electron chi connectivity index (χ1n) is 8.15. The summed E-state index contributed by atoms with van der Waals surface area (Å²) in [6, 6.07) is 0. The van der Waals surface area contributed by atoms with Gasteiger partial charge in [0.05, 0.1) is 18.6 Å². The second-order valence-corrected chi connectivity index (χ2v) is 6.29. The van der Waals surface area contributed by atoms with E-state index < -0.39 is 0 Å². The normalized spacial score (nSPS) is 24.2. The summed E-state index contributed by atoms with van der Waals surface area (Å²) in [4.78, 5) is 7.16. The Morgan fingerprint density at radius 3 is 2.95 bits per heavy atom. The van der Waals surface area contributed by atoms with E-state index in [1.54, 1.807) is 0 Å². The highest BCUT2D eigenvalue weighted by Gasteiger charge is 2.30. The van der Waals surface area contributed by atoms with E-state index >= 15 is 0 Å². The smallest absolute Gasteiger partial charge is 0.0949 e. The lowest BCUT2D eigenvalue weighted by molar-refractivity contribution is 0.0438. The fourth-order valence-electron chi connectivity index (χ4n) is 3.63. The molecule has 0 bridgehead atoms. The van der Waals surface area contributed by atoms with Gasteiger partial charge in [0.1, 0.15) is 0 Å². The lowest BCUT2D eigenvalue weighted by atomic mass is 9.95. The van der Waals surface area contributed by atoms with Crippen LogP contribution in [0.1, 0.15) is 37.1 Å². The molecule has 2 aliphatic heterocycles.